The molecule has 0 spiro atoms. The summed E-state index contributed by atoms with van der Waals surface area (Å²) in [5.74, 6) is -0.0982. The van der Waals surface area contributed by atoms with Crippen LogP contribution in [0.1, 0.15) is 38.2 Å². The van der Waals surface area contributed by atoms with E-state index in [1.807, 2.05) is 22.7 Å². The van der Waals surface area contributed by atoms with Gasteiger partial charge in [-0.25, -0.2) is 0 Å². The predicted molar refractivity (Wildman–Crippen MR) is 151 cm³/mol. The summed E-state index contributed by atoms with van der Waals surface area (Å²) in [7, 11) is 0. The summed E-state index contributed by atoms with van der Waals surface area (Å²) in [6, 6.07) is 24.1. The Balaban J connectivity index is 1.32. The van der Waals surface area contributed by atoms with Gasteiger partial charge in [0.05, 0.1) is 9.40 Å². The first-order valence-electron chi connectivity index (χ1n) is 12.2. The molecule has 0 aliphatic heterocycles. The van der Waals surface area contributed by atoms with E-state index in [0.717, 1.165) is 24.8 Å². The van der Waals surface area contributed by atoms with Gasteiger partial charge in [-0.2, -0.15) is 0 Å². The largest absolute Gasteiger partial charge is 0.458 e. The minimum atomic E-state index is -0.176. The molecule has 0 bridgehead atoms. The molecule has 0 fully saturated rings. The third-order valence-electron chi connectivity index (χ3n) is 6.57. The Labute approximate surface area is 213 Å². The van der Waals surface area contributed by atoms with Crippen molar-refractivity contribution in [3.63, 3.8) is 0 Å². The van der Waals surface area contributed by atoms with Gasteiger partial charge in [0, 0.05) is 33.0 Å². The molecule has 2 aromatic heterocycles. The summed E-state index contributed by atoms with van der Waals surface area (Å²) in [6.07, 6.45) is 9.31. The maximum absolute atomic E-state index is 12.1. The zero-order valence-electron chi connectivity index (χ0n) is 19.6. The second-order valence-electron chi connectivity index (χ2n) is 9.04. The van der Waals surface area contributed by atoms with Gasteiger partial charge in [-0.05, 0) is 46.9 Å². The van der Waals surface area contributed by atoms with E-state index in [4.69, 9.17) is 4.74 Å². The average Bonchev–Trinajstić information content (AvgIpc) is 3.43. The van der Waals surface area contributed by atoms with Crippen LogP contribution in [0.25, 0.3) is 46.3 Å². The molecule has 6 rings (SSSR count). The summed E-state index contributed by atoms with van der Waals surface area (Å²) >= 11 is 3.76. The smallest absolute Gasteiger partial charge is 0.306 e. The van der Waals surface area contributed by atoms with Crippen LogP contribution in [0.2, 0.25) is 0 Å². The molecule has 5 aromatic rings. The number of esters is 1. The first-order valence-corrected chi connectivity index (χ1v) is 13.9. The van der Waals surface area contributed by atoms with Gasteiger partial charge in [0.1, 0.15) is 6.10 Å². The zero-order chi connectivity index (χ0) is 23.8. The quantitative estimate of drug-likeness (QED) is 0.220. The third kappa shape index (κ3) is 4.33. The highest BCUT2D eigenvalue weighted by molar-refractivity contribution is 7.36. The first kappa shape index (κ1) is 22.3. The molecule has 0 radical (unpaired) electrons. The highest BCUT2D eigenvalue weighted by Gasteiger charge is 2.17. The molecule has 0 amide bonds. The van der Waals surface area contributed by atoms with E-state index in [0.29, 0.717) is 6.42 Å². The fourth-order valence-electron chi connectivity index (χ4n) is 4.72. The molecule has 174 valence electrons. The van der Waals surface area contributed by atoms with Crippen molar-refractivity contribution in [3.05, 3.63) is 90.5 Å². The monoisotopic (exact) mass is 494 g/mol. The number of carbonyl (C=O) groups excluding carboxylic acids is 1. The van der Waals surface area contributed by atoms with E-state index in [2.05, 4.69) is 91.9 Å². The lowest BCUT2D eigenvalue weighted by molar-refractivity contribution is -0.146. The van der Waals surface area contributed by atoms with Gasteiger partial charge in [-0.15, -0.1) is 22.7 Å². The Morgan fingerprint density at radius 1 is 0.886 bits per heavy atom. The van der Waals surface area contributed by atoms with Crippen molar-refractivity contribution in [1.29, 1.82) is 0 Å². The molecular formula is C31H26O2S2. The SMILES string of the molecule is CCCCC(=O)OC1C=C(c2ccc3c(c2)sc2c4ccc(-c5ccccc5)cc4sc32)C=CC1. The van der Waals surface area contributed by atoms with E-state index >= 15 is 0 Å². The molecule has 2 nitrogen and oxygen atoms in total. The Hall–Kier alpha value is -3.21. The molecule has 0 saturated carbocycles. The fraction of sp³-hybridized carbons (Fsp3) is 0.194. The van der Waals surface area contributed by atoms with Gasteiger partial charge >= 0.3 is 5.97 Å². The number of unbranched alkanes of at least 4 members (excludes halogenated alkanes) is 1. The van der Waals surface area contributed by atoms with E-state index in [9.17, 15) is 4.79 Å². The number of thiophene rings is 2. The van der Waals surface area contributed by atoms with E-state index in [1.165, 1.54) is 46.3 Å². The summed E-state index contributed by atoms with van der Waals surface area (Å²) in [5.41, 5.74) is 4.82. The van der Waals surface area contributed by atoms with Crippen LogP contribution in [-0.4, -0.2) is 12.1 Å². The van der Waals surface area contributed by atoms with Crippen LogP contribution in [0.3, 0.4) is 0 Å². The van der Waals surface area contributed by atoms with Crippen molar-refractivity contribution >= 4 is 63.8 Å². The van der Waals surface area contributed by atoms with Crippen LogP contribution in [0.4, 0.5) is 0 Å². The molecule has 4 heteroatoms. The molecule has 0 saturated heterocycles. The number of fused-ring (bicyclic) bond motifs is 5. The van der Waals surface area contributed by atoms with Crippen LogP contribution in [0.5, 0.6) is 0 Å². The summed E-state index contributed by atoms with van der Waals surface area (Å²) in [4.78, 5) is 12.1. The van der Waals surface area contributed by atoms with Gasteiger partial charge in [0.15, 0.2) is 0 Å². The van der Waals surface area contributed by atoms with Crippen molar-refractivity contribution < 1.29 is 9.53 Å². The molecule has 2 heterocycles. The molecule has 1 aliphatic carbocycles. The highest BCUT2D eigenvalue weighted by Crippen LogP contribution is 2.45. The van der Waals surface area contributed by atoms with Gasteiger partial charge in [-0.1, -0.05) is 80.1 Å². The second kappa shape index (κ2) is 9.44. The van der Waals surface area contributed by atoms with Crippen LogP contribution in [0, 0.1) is 0 Å². The Bertz CT molecular complexity index is 1600. The Morgan fingerprint density at radius 2 is 1.57 bits per heavy atom. The van der Waals surface area contributed by atoms with E-state index in [-0.39, 0.29) is 12.1 Å². The van der Waals surface area contributed by atoms with Gasteiger partial charge in [0.2, 0.25) is 0 Å². The van der Waals surface area contributed by atoms with E-state index < -0.39 is 0 Å². The summed E-state index contributed by atoms with van der Waals surface area (Å²) in [5, 5.41) is 2.66. The third-order valence-corrected chi connectivity index (χ3v) is 9.07. The predicted octanol–water partition coefficient (Wildman–Crippen LogP) is 9.38. The molecule has 1 unspecified atom stereocenters. The second-order valence-corrected chi connectivity index (χ2v) is 11.1. The van der Waals surface area contributed by atoms with Gasteiger partial charge < -0.3 is 4.74 Å². The highest BCUT2D eigenvalue weighted by atomic mass is 32.1. The lowest BCUT2D eigenvalue weighted by atomic mass is 9.97. The maximum atomic E-state index is 12.1. The van der Waals surface area contributed by atoms with Crippen molar-refractivity contribution in [2.45, 2.75) is 38.7 Å². The number of carbonyl (C=O) groups is 1. The molecule has 1 atom stereocenters. The van der Waals surface area contributed by atoms with Gasteiger partial charge in [0.25, 0.3) is 0 Å². The first-order chi connectivity index (χ1) is 17.2. The van der Waals surface area contributed by atoms with Crippen molar-refractivity contribution in [2.24, 2.45) is 0 Å². The van der Waals surface area contributed by atoms with Crippen molar-refractivity contribution in [1.82, 2.24) is 0 Å². The lowest BCUT2D eigenvalue weighted by Crippen LogP contribution is -2.17. The number of hydrogen-bond donors (Lipinski definition) is 0. The fourth-order valence-corrected chi connectivity index (χ4v) is 7.45. The number of allylic oxidation sites excluding steroid dienone is 2. The zero-order valence-corrected chi connectivity index (χ0v) is 21.3. The molecule has 0 N–H and O–H groups in total. The standard InChI is InChI=1S/C31H26O2S2/c1-2-3-12-29(32)33-24-11-7-10-21(17-24)23-14-16-26-28(19-23)35-30-25-15-13-22(18-27(25)34-31(26)30)20-8-5-4-6-9-20/h4-10,13-19,24H,2-3,11-12H2,1H3. The van der Waals surface area contributed by atoms with Crippen LogP contribution in [0.15, 0.2) is 85.0 Å². The van der Waals surface area contributed by atoms with Crippen LogP contribution < -0.4 is 0 Å². The van der Waals surface area contributed by atoms with Crippen molar-refractivity contribution in [3.8, 4) is 11.1 Å². The Morgan fingerprint density at radius 3 is 2.29 bits per heavy atom. The minimum Gasteiger partial charge on any atom is -0.458 e. The topological polar surface area (TPSA) is 26.3 Å². The van der Waals surface area contributed by atoms with Gasteiger partial charge in [-0.3, -0.25) is 4.79 Å². The summed E-state index contributed by atoms with van der Waals surface area (Å²) in [6.45, 7) is 2.09. The summed E-state index contributed by atoms with van der Waals surface area (Å²) < 4.78 is 11.1. The maximum Gasteiger partial charge on any atom is 0.306 e. The van der Waals surface area contributed by atoms with E-state index in [1.54, 1.807) is 0 Å². The molecule has 1 aliphatic rings. The normalized spacial score (nSPS) is 15.7. The number of benzene rings is 3. The number of hydrogen-bond acceptors (Lipinski definition) is 4. The van der Waals surface area contributed by atoms with Crippen LogP contribution in [-0.2, 0) is 9.53 Å². The lowest BCUT2D eigenvalue weighted by Gasteiger charge is -2.18. The molecule has 35 heavy (non-hydrogen) atoms. The van der Waals surface area contributed by atoms with Crippen LogP contribution >= 0.6 is 22.7 Å². The Kier molecular flexibility index (Phi) is 6.01. The molecular weight excluding hydrogens is 468 g/mol. The number of ether oxygens (including phenoxy) is 1. The van der Waals surface area contributed by atoms with Crippen molar-refractivity contribution in [2.75, 3.05) is 0 Å². The molecule has 3 aromatic carbocycles. The minimum absolute atomic E-state index is 0.0982. The average molecular weight is 495 g/mol. The number of rotatable bonds is 6.